The monoisotopic (exact) mass is 260 g/mol. The molecule has 1 unspecified atom stereocenters. The molecule has 0 bridgehead atoms. The quantitative estimate of drug-likeness (QED) is 0.866. The van der Waals surface area contributed by atoms with Crippen molar-refractivity contribution in [3.05, 3.63) is 20.8 Å². The molecule has 0 aromatic carbocycles. The van der Waals surface area contributed by atoms with Gasteiger partial charge >= 0.3 is 0 Å². The first-order valence-corrected chi connectivity index (χ1v) is 5.43. The Balaban J connectivity index is 2.68. The number of rotatable bonds is 4. The summed E-state index contributed by atoms with van der Waals surface area (Å²) in [6, 6.07) is 3.71. The lowest BCUT2D eigenvalue weighted by Crippen LogP contribution is -2.22. The van der Waals surface area contributed by atoms with E-state index in [0.29, 0.717) is 6.54 Å². The molecule has 1 aromatic rings. The van der Waals surface area contributed by atoms with E-state index < -0.39 is 0 Å². The molecule has 0 aliphatic carbocycles. The molecule has 0 aliphatic heterocycles. The van der Waals surface area contributed by atoms with Gasteiger partial charge in [0.2, 0.25) is 0 Å². The number of hydrogen-bond donors (Lipinski definition) is 2. The third kappa shape index (κ3) is 2.78. The van der Waals surface area contributed by atoms with E-state index >= 15 is 0 Å². The van der Waals surface area contributed by atoms with Gasteiger partial charge < -0.3 is 5.11 Å². The van der Waals surface area contributed by atoms with Crippen LogP contribution in [0.2, 0.25) is 0 Å². The highest BCUT2D eigenvalue weighted by atomic mass is 79.9. The highest BCUT2D eigenvalue weighted by Gasteiger charge is 2.13. The van der Waals surface area contributed by atoms with E-state index in [1.807, 2.05) is 11.4 Å². The standard InChI is InChI=1S/C8H9BrN2OS/c9-6-1-4-13-8(6)7(5-10)11-2-3-12/h1,4,7,11-12H,2-3H2. The predicted octanol–water partition coefficient (Wildman–Crippen LogP) is 1.66. The Bertz CT molecular complexity index is 307. The van der Waals surface area contributed by atoms with Crippen molar-refractivity contribution in [3.8, 4) is 6.07 Å². The van der Waals surface area contributed by atoms with Gasteiger partial charge in [-0.05, 0) is 27.4 Å². The van der Waals surface area contributed by atoms with Crippen LogP contribution in [-0.4, -0.2) is 18.3 Å². The summed E-state index contributed by atoms with van der Waals surface area (Å²) >= 11 is 4.88. The average Bonchev–Trinajstić information content (AvgIpc) is 2.54. The summed E-state index contributed by atoms with van der Waals surface area (Å²) in [5.41, 5.74) is 0. The molecular weight excluding hydrogens is 252 g/mol. The van der Waals surface area contributed by atoms with Gasteiger partial charge in [0.05, 0.1) is 17.6 Å². The Morgan fingerprint density at radius 1 is 1.77 bits per heavy atom. The number of thiophene rings is 1. The molecule has 0 amide bonds. The summed E-state index contributed by atoms with van der Waals surface area (Å²) in [5, 5.41) is 22.3. The molecule has 1 atom stereocenters. The van der Waals surface area contributed by atoms with Crippen molar-refractivity contribution in [3.63, 3.8) is 0 Å². The Kier molecular flexibility index (Phi) is 4.39. The first-order valence-electron chi connectivity index (χ1n) is 3.76. The van der Waals surface area contributed by atoms with Crippen molar-refractivity contribution in [2.24, 2.45) is 0 Å². The molecule has 3 nitrogen and oxygen atoms in total. The highest BCUT2D eigenvalue weighted by Crippen LogP contribution is 2.28. The van der Waals surface area contributed by atoms with Crippen molar-refractivity contribution in [1.29, 1.82) is 5.26 Å². The van der Waals surface area contributed by atoms with Gasteiger partial charge in [-0.1, -0.05) is 0 Å². The second-order valence-corrected chi connectivity index (χ2v) is 4.17. The minimum absolute atomic E-state index is 0.0428. The molecule has 1 rings (SSSR count). The van der Waals surface area contributed by atoms with Gasteiger partial charge in [-0.2, -0.15) is 5.26 Å². The molecule has 0 fully saturated rings. The van der Waals surface area contributed by atoms with E-state index in [9.17, 15) is 0 Å². The Labute approximate surface area is 89.1 Å². The highest BCUT2D eigenvalue weighted by molar-refractivity contribution is 9.10. The minimum atomic E-state index is -0.332. The maximum Gasteiger partial charge on any atom is 0.131 e. The molecule has 1 aromatic heterocycles. The van der Waals surface area contributed by atoms with Crippen LogP contribution in [0, 0.1) is 11.3 Å². The SMILES string of the molecule is N#CC(NCCO)c1sccc1Br. The van der Waals surface area contributed by atoms with Crippen LogP contribution >= 0.6 is 27.3 Å². The fourth-order valence-electron chi connectivity index (χ4n) is 0.917. The molecule has 70 valence electrons. The molecule has 13 heavy (non-hydrogen) atoms. The molecule has 0 spiro atoms. The first kappa shape index (κ1) is 10.7. The zero-order chi connectivity index (χ0) is 9.68. The normalized spacial score (nSPS) is 12.4. The first-order chi connectivity index (χ1) is 6.29. The summed E-state index contributed by atoms with van der Waals surface area (Å²) in [5.74, 6) is 0. The number of aliphatic hydroxyl groups excluding tert-OH is 1. The topological polar surface area (TPSA) is 56.0 Å². The zero-order valence-corrected chi connectivity index (χ0v) is 9.23. The van der Waals surface area contributed by atoms with Gasteiger partial charge in [-0.25, -0.2) is 0 Å². The number of nitriles is 1. The second-order valence-electron chi connectivity index (χ2n) is 2.37. The Morgan fingerprint density at radius 2 is 2.54 bits per heavy atom. The van der Waals surface area contributed by atoms with Crippen molar-refractivity contribution < 1.29 is 5.11 Å². The number of nitrogens with zero attached hydrogens (tertiary/aromatic N) is 1. The van der Waals surface area contributed by atoms with Crippen molar-refractivity contribution in [2.75, 3.05) is 13.2 Å². The third-order valence-corrected chi connectivity index (χ3v) is 3.43. The van der Waals surface area contributed by atoms with E-state index in [1.165, 1.54) is 11.3 Å². The molecule has 0 saturated heterocycles. The number of nitrogens with one attached hydrogen (secondary N) is 1. The van der Waals surface area contributed by atoms with Crippen LogP contribution in [0.1, 0.15) is 10.9 Å². The van der Waals surface area contributed by atoms with Crippen LogP contribution in [0.5, 0.6) is 0 Å². The van der Waals surface area contributed by atoms with E-state index in [1.54, 1.807) is 0 Å². The summed E-state index contributed by atoms with van der Waals surface area (Å²) in [4.78, 5) is 0.955. The molecule has 2 N–H and O–H groups in total. The number of halogens is 1. The van der Waals surface area contributed by atoms with E-state index in [0.717, 1.165) is 9.35 Å². The van der Waals surface area contributed by atoms with Crippen LogP contribution in [0.3, 0.4) is 0 Å². The van der Waals surface area contributed by atoms with Gasteiger partial charge in [0, 0.05) is 11.0 Å². The summed E-state index contributed by atoms with van der Waals surface area (Å²) in [7, 11) is 0. The molecular formula is C8H9BrN2OS. The van der Waals surface area contributed by atoms with Crippen molar-refractivity contribution in [2.45, 2.75) is 6.04 Å². The van der Waals surface area contributed by atoms with Crippen molar-refractivity contribution in [1.82, 2.24) is 5.32 Å². The largest absolute Gasteiger partial charge is 0.395 e. The smallest absolute Gasteiger partial charge is 0.131 e. The van der Waals surface area contributed by atoms with Crippen LogP contribution in [0.25, 0.3) is 0 Å². The third-order valence-electron chi connectivity index (χ3n) is 1.50. The minimum Gasteiger partial charge on any atom is -0.395 e. The number of aliphatic hydroxyl groups is 1. The lowest BCUT2D eigenvalue weighted by atomic mass is 10.2. The zero-order valence-electron chi connectivity index (χ0n) is 6.83. The molecule has 0 saturated carbocycles. The molecule has 1 heterocycles. The van der Waals surface area contributed by atoms with Crippen LogP contribution in [0.15, 0.2) is 15.9 Å². The maximum absolute atomic E-state index is 8.84. The Morgan fingerprint density at radius 3 is 3.00 bits per heavy atom. The fraction of sp³-hybridized carbons (Fsp3) is 0.375. The Hall–Kier alpha value is -0.410. The van der Waals surface area contributed by atoms with Gasteiger partial charge in [-0.3, -0.25) is 5.32 Å². The summed E-state index contributed by atoms with van der Waals surface area (Å²) < 4.78 is 0.939. The van der Waals surface area contributed by atoms with Crippen LogP contribution in [-0.2, 0) is 0 Å². The maximum atomic E-state index is 8.84. The van der Waals surface area contributed by atoms with Crippen LogP contribution in [0.4, 0.5) is 0 Å². The van der Waals surface area contributed by atoms with Crippen molar-refractivity contribution >= 4 is 27.3 Å². The summed E-state index contributed by atoms with van der Waals surface area (Å²) in [6.07, 6.45) is 0. The van der Waals surface area contributed by atoms with E-state index in [4.69, 9.17) is 10.4 Å². The lowest BCUT2D eigenvalue weighted by molar-refractivity contribution is 0.289. The lowest BCUT2D eigenvalue weighted by Gasteiger charge is -2.08. The molecule has 0 aliphatic rings. The average molecular weight is 261 g/mol. The second kappa shape index (κ2) is 5.35. The molecule has 0 radical (unpaired) electrons. The van der Waals surface area contributed by atoms with Gasteiger partial charge in [0.15, 0.2) is 0 Å². The van der Waals surface area contributed by atoms with Gasteiger partial charge in [-0.15, -0.1) is 11.3 Å². The van der Waals surface area contributed by atoms with Gasteiger partial charge in [0.1, 0.15) is 6.04 Å². The van der Waals surface area contributed by atoms with Crippen LogP contribution < -0.4 is 5.32 Å². The van der Waals surface area contributed by atoms with Gasteiger partial charge in [0.25, 0.3) is 0 Å². The predicted molar refractivity (Wildman–Crippen MR) is 55.5 cm³/mol. The van der Waals surface area contributed by atoms with E-state index in [-0.39, 0.29) is 12.6 Å². The van der Waals surface area contributed by atoms with E-state index in [2.05, 4.69) is 27.3 Å². The molecule has 5 heteroatoms. The number of hydrogen-bond acceptors (Lipinski definition) is 4. The summed E-state index contributed by atoms with van der Waals surface area (Å²) in [6.45, 7) is 0.476. The fourth-order valence-corrected chi connectivity index (χ4v) is 2.54.